The van der Waals surface area contributed by atoms with Gasteiger partial charge in [-0.05, 0) is 49.4 Å². The van der Waals surface area contributed by atoms with Gasteiger partial charge in [0.05, 0.1) is 0 Å². The van der Waals surface area contributed by atoms with E-state index in [-0.39, 0.29) is 11.9 Å². The third-order valence-corrected chi connectivity index (χ3v) is 8.11. The van der Waals surface area contributed by atoms with Crippen molar-refractivity contribution in [1.82, 2.24) is 9.62 Å². The number of amides is 1. The number of nitrogens with zero attached hydrogens (tertiary/aromatic N) is 1. The lowest BCUT2D eigenvalue weighted by molar-refractivity contribution is 0.0680. The summed E-state index contributed by atoms with van der Waals surface area (Å²) in [7, 11) is -3.50. The maximum Gasteiger partial charge on any atom is 0.289 e. The predicted molar refractivity (Wildman–Crippen MR) is 110 cm³/mol. The van der Waals surface area contributed by atoms with Crippen LogP contribution in [0, 0.1) is 6.92 Å². The maximum atomic E-state index is 12.9. The highest BCUT2D eigenvalue weighted by Crippen LogP contribution is 2.29. The Hall–Kier alpha value is -1.87. The molecule has 3 heterocycles. The number of thiophene rings is 1. The van der Waals surface area contributed by atoms with Crippen LogP contribution in [-0.4, -0.2) is 38.4 Å². The second-order valence-electron chi connectivity index (χ2n) is 6.82. The van der Waals surface area contributed by atoms with Crippen molar-refractivity contribution >= 4 is 49.8 Å². The van der Waals surface area contributed by atoms with E-state index in [4.69, 9.17) is 16.0 Å². The van der Waals surface area contributed by atoms with Crippen molar-refractivity contribution in [3.63, 3.8) is 0 Å². The van der Waals surface area contributed by atoms with E-state index in [9.17, 15) is 13.2 Å². The van der Waals surface area contributed by atoms with E-state index in [0.717, 1.165) is 10.9 Å². The van der Waals surface area contributed by atoms with Crippen LogP contribution in [0.25, 0.3) is 11.0 Å². The predicted octanol–water partition coefficient (Wildman–Crippen LogP) is 4.04. The van der Waals surface area contributed by atoms with E-state index < -0.39 is 10.0 Å². The Morgan fingerprint density at radius 2 is 2.04 bits per heavy atom. The Bertz CT molecular complexity index is 1110. The molecule has 1 amide bonds. The number of sulfonamides is 1. The summed E-state index contributed by atoms with van der Waals surface area (Å²) in [5.74, 6) is 0.138. The number of furan rings is 1. The molecular weight excluding hydrogens is 420 g/mol. The van der Waals surface area contributed by atoms with Gasteiger partial charge in [0, 0.05) is 35.1 Å². The maximum absolute atomic E-state index is 12.9. The number of hydrogen-bond acceptors (Lipinski definition) is 5. The first-order valence-electron chi connectivity index (χ1n) is 8.89. The standard InChI is InChI=1S/C19H19ClN2O4S2/c1-12-15-11-13(20)4-5-16(15)26-18(12)19(23)22-8-6-14(7-9-22)21-28(24,25)17-3-2-10-27-17/h2-5,10-11,14,21H,6-9H2,1H3. The lowest BCUT2D eigenvalue weighted by Gasteiger charge is -2.31. The first kappa shape index (κ1) is 19.4. The average Bonchev–Trinajstić information content (AvgIpc) is 3.31. The molecule has 6 nitrogen and oxygen atoms in total. The van der Waals surface area contributed by atoms with Gasteiger partial charge < -0.3 is 9.32 Å². The minimum Gasteiger partial charge on any atom is -0.451 e. The van der Waals surface area contributed by atoms with Crippen molar-refractivity contribution in [3.8, 4) is 0 Å². The molecule has 1 fully saturated rings. The molecule has 1 N–H and O–H groups in total. The fourth-order valence-electron chi connectivity index (χ4n) is 3.44. The molecule has 0 saturated carbocycles. The van der Waals surface area contributed by atoms with Crippen molar-refractivity contribution in [2.24, 2.45) is 0 Å². The second-order valence-corrected chi connectivity index (χ2v) is 10.1. The molecule has 4 rings (SSSR count). The molecule has 0 aliphatic carbocycles. The van der Waals surface area contributed by atoms with Gasteiger partial charge in [-0.3, -0.25) is 4.79 Å². The third-order valence-electron chi connectivity index (χ3n) is 4.96. The molecule has 0 spiro atoms. The van der Waals surface area contributed by atoms with Gasteiger partial charge >= 0.3 is 0 Å². The summed E-state index contributed by atoms with van der Waals surface area (Å²) < 4.78 is 33.5. The van der Waals surface area contributed by atoms with Gasteiger partial charge in [0.15, 0.2) is 5.76 Å². The summed E-state index contributed by atoms with van der Waals surface area (Å²) in [6, 6.07) is 8.38. The number of piperidine rings is 1. The normalized spacial score (nSPS) is 16.0. The van der Waals surface area contributed by atoms with Gasteiger partial charge in [-0.2, -0.15) is 0 Å². The third kappa shape index (κ3) is 3.69. The molecular formula is C19H19ClN2O4S2. The highest BCUT2D eigenvalue weighted by atomic mass is 35.5. The SMILES string of the molecule is Cc1c(C(=O)N2CCC(NS(=O)(=O)c3cccs3)CC2)oc2ccc(Cl)cc12. The fourth-order valence-corrected chi connectivity index (χ4v) is 5.92. The Labute approximate surface area is 172 Å². The molecule has 1 aliphatic heterocycles. The molecule has 3 aromatic rings. The van der Waals surface area contributed by atoms with E-state index in [2.05, 4.69) is 4.72 Å². The minimum atomic E-state index is -3.50. The van der Waals surface area contributed by atoms with Gasteiger partial charge in [-0.25, -0.2) is 13.1 Å². The fraction of sp³-hybridized carbons (Fsp3) is 0.316. The Kier molecular flexibility index (Phi) is 5.22. The minimum absolute atomic E-state index is 0.176. The number of benzene rings is 1. The van der Waals surface area contributed by atoms with Crippen LogP contribution < -0.4 is 4.72 Å². The van der Waals surface area contributed by atoms with Crippen LogP contribution in [-0.2, 0) is 10.0 Å². The molecule has 28 heavy (non-hydrogen) atoms. The highest BCUT2D eigenvalue weighted by molar-refractivity contribution is 7.91. The van der Waals surface area contributed by atoms with E-state index in [1.54, 1.807) is 40.6 Å². The second kappa shape index (κ2) is 7.51. The number of halogens is 1. The number of carbonyl (C=O) groups excluding carboxylic acids is 1. The molecule has 148 valence electrons. The monoisotopic (exact) mass is 438 g/mol. The van der Waals surface area contributed by atoms with E-state index in [1.807, 2.05) is 6.92 Å². The lowest BCUT2D eigenvalue weighted by Crippen LogP contribution is -2.46. The number of likely N-dealkylation sites (tertiary alicyclic amines) is 1. The van der Waals surface area contributed by atoms with Gasteiger partial charge in [0.2, 0.25) is 10.0 Å². The zero-order valence-electron chi connectivity index (χ0n) is 15.1. The first-order valence-corrected chi connectivity index (χ1v) is 11.6. The summed E-state index contributed by atoms with van der Waals surface area (Å²) in [5, 5.41) is 3.15. The number of fused-ring (bicyclic) bond motifs is 1. The largest absolute Gasteiger partial charge is 0.451 e. The number of carbonyl (C=O) groups is 1. The number of nitrogens with one attached hydrogen (secondary N) is 1. The summed E-state index contributed by atoms with van der Waals surface area (Å²) in [6.07, 6.45) is 1.11. The van der Waals surface area contributed by atoms with Crippen molar-refractivity contribution in [2.45, 2.75) is 30.0 Å². The quantitative estimate of drug-likeness (QED) is 0.666. The van der Waals surface area contributed by atoms with Crippen molar-refractivity contribution in [3.05, 3.63) is 52.1 Å². The zero-order valence-corrected chi connectivity index (χ0v) is 17.5. The number of aryl methyl sites for hydroxylation is 1. The first-order chi connectivity index (χ1) is 13.3. The van der Waals surface area contributed by atoms with Crippen molar-refractivity contribution in [2.75, 3.05) is 13.1 Å². The van der Waals surface area contributed by atoms with Crippen molar-refractivity contribution < 1.29 is 17.6 Å². The van der Waals surface area contributed by atoms with Crippen LogP contribution in [0.3, 0.4) is 0 Å². The molecule has 0 atom stereocenters. The average molecular weight is 439 g/mol. The number of hydrogen-bond donors (Lipinski definition) is 1. The summed E-state index contributed by atoms with van der Waals surface area (Å²) in [6.45, 7) is 2.78. The topological polar surface area (TPSA) is 79.6 Å². The van der Waals surface area contributed by atoms with Crippen LogP contribution in [0.4, 0.5) is 0 Å². The van der Waals surface area contributed by atoms with E-state index in [1.165, 1.54) is 11.3 Å². The van der Waals surface area contributed by atoms with Crippen LogP contribution in [0.1, 0.15) is 29.0 Å². The van der Waals surface area contributed by atoms with Crippen LogP contribution >= 0.6 is 22.9 Å². The molecule has 0 unspecified atom stereocenters. The Balaban J connectivity index is 1.44. The molecule has 0 radical (unpaired) electrons. The molecule has 1 aromatic carbocycles. The molecule has 1 saturated heterocycles. The Morgan fingerprint density at radius 3 is 2.71 bits per heavy atom. The van der Waals surface area contributed by atoms with Crippen molar-refractivity contribution in [1.29, 1.82) is 0 Å². The lowest BCUT2D eigenvalue weighted by atomic mass is 10.1. The number of rotatable bonds is 4. The summed E-state index contributed by atoms with van der Waals surface area (Å²) >= 11 is 7.23. The van der Waals surface area contributed by atoms with Crippen LogP contribution in [0.15, 0.2) is 44.3 Å². The Morgan fingerprint density at radius 1 is 1.29 bits per heavy atom. The van der Waals surface area contributed by atoms with Gasteiger partial charge in [0.1, 0.15) is 9.79 Å². The van der Waals surface area contributed by atoms with E-state index >= 15 is 0 Å². The molecule has 2 aromatic heterocycles. The summed E-state index contributed by atoms with van der Waals surface area (Å²) in [5.41, 5.74) is 1.40. The van der Waals surface area contributed by atoms with Gasteiger partial charge in [0.25, 0.3) is 5.91 Å². The van der Waals surface area contributed by atoms with Gasteiger partial charge in [-0.15, -0.1) is 11.3 Å². The van der Waals surface area contributed by atoms with Crippen LogP contribution in [0.5, 0.6) is 0 Å². The summed E-state index contributed by atoms with van der Waals surface area (Å²) in [4.78, 5) is 14.6. The van der Waals surface area contributed by atoms with E-state index in [0.29, 0.717) is 46.5 Å². The molecule has 0 bridgehead atoms. The molecule has 9 heteroatoms. The van der Waals surface area contributed by atoms with Crippen LogP contribution in [0.2, 0.25) is 5.02 Å². The zero-order chi connectivity index (χ0) is 19.9. The molecule has 1 aliphatic rings. The van der Waals surface area contributed by atoms with Gasteiger partial charge in [-0.1, -0.05) is 17.7 Å². The highest BCUT2D eigenvalue weighted by Gasteiger charge is 2.30. The smallest absolute Gasteiger partial charge is 0.289 e.